The second-order valence-corrected chi connectivity index (χ2v) is 7.48. The van der Waals surface area contributed by atoms with E-state index < -0.39 is 12.6 Å². The fraction of sp³-hybridized carbons (Fsp3) is 0.421. The van der Waals surface area contributed by atoms with Crippen LogP contribution in [0.25, 0.3) is 5.65 Å². The molecular weight excluding hydrogens is 426 g/mol. The van der Waals surface area contributed by atoms with E-state index in [9.17, 15) is 17.6 Å². The summed E-state index contributed by atoms with van der Waals surface area (Å²) in [5, 5.41) is 11.6. The van der Waals surface area contributed by atoms with Gasteiger partial charge >= 0.3 is 6.18 Å². The molecule has 0 N–H and O–H groups in total. The normalized spacial score (nSPS) is 15.7. The number of ether oxygens (including phenoxy) is 1. The first kappa shape index (κ1) is 20.6. The molecule has 0 aliphatic carbocycles. The highest BCUT2D eigenvalue weighted by Crippen LogP contribution is 2.38. The molecular formula is C19H18ClF4N5O. The molecule has 4 rings (SSSR count). The summed E-state index contributed by atoms with van der Waals surface area (Å²) in [6.07, 6.45) is -2.93. The topological polar surface area (TPSA) is 55.5 Å². The molecule has 1 fully saturated rings. The van der Waals surface area contributed by atoms with Gasteiger partial charge in [0.25, 0.3) is 0 Å². The van der Waals surface area contributed by atoms with Gasteiger partial charge in [-0.3, -0.25) is 0 Å². The number of anilines is 1. The van der Waals surface area contributed by atoms with Gasteiger partial charge in [-0.05, 0) is 30.9 Å². The van der Waals surface area contributed by atoms with E-state index in [-0.39, 0.29) is 28.2 Å². The third-order valence-corrected chi connectivity index (χ3v) is 5.62. The second kappa shape index (κ2) is 7.90. The summed E-state index contributed by atoms with van der Waals surface area (Å²) in [4.78, 5) is 1.97. The van der Waals surface area contributed by atoms with E-state index >= 15 is 0 Å². The smallest absolute Gasteiger partial charge is 0.396 e. The van der Waals surface area contributed by atoms with Gasteiger partial charge in [-0.25, -0.2) is 4.39 Å². The van der Waals surface area contributed by atoms with E-state index in [1.807, 2.05) is 4.90 Å². The van der Waals surface area contributed by atoms with Crippen molar-refractivity contribution in [3.05, 3.63) is 46.6 Å². The largest absolute Gasteiger partial charge is 0.496 e. The van der Waals surface area contributed by atoms with E-state index in [2.05, 4.69) is 15.3 Å². The van der Waals surface area contributed by atoms with Crippen LogP contribution >= 0.6 is 11.6 Å². The van der Waals surface area contributed by atoms with E-state index in [0.717, 1.165) is 4.52 Å². The van der Waals surface area contributed by atoms with Gasteiger partial charge in [0.1, 0.15) is 23.0 Å². The van der Waals surface area contributed by atoms with Gasteiger partial charge in [0.05, 0.1) is 19.0 Å². The van der Waals surface area contributed by atoms with E-state index in [4.69, 9.17) is 16.3 Å². The van der Waals surface area contributed by atoms with Crippen molar-refractivity contribution in [1.82, 2.24) is 19.8 Å². The maximum atomic E-state index is 14.4. The van der Waals surface area contributed by atoms with Crippen LogP contribution in [-0.4, -0.2) is 46.2 Å². The van der Waals surface area contributed by atoms with Crippen LogP contribution in [-0.2, 0) is 6.42 Å². The van der Waals surface area contributed by atoms with Crippen LogP contribution in [0, 0.1) is 5.82 Å². The molecule has 30 heavy (non-hydrogen) atoms. The highest BCUT2D eigenvalue weighted by Gasteiger charge is 2.32. The molecule has 3 aromatic rings. The third kappa shape index (κ3) is 3.88. The van der Waals surface area contributed by atoms with Crippen molar-refractivity contribution >= 4 is 22.9 Å². The van der Waals surface area contributed by atoms with Crippen molar-refractivity contribution in [2.75, 3.05) is 25.1 Å². The molecule has 0 radical (unpaired) electrons. The lowest BCUT2D eigenvalue weighted by Gasteiger charge is -2.34. The molecule has 11 heteroatoms. The lowest BCUT2D eigenvalue weighted by atomic mass is 9.88. The van der Waals surface area contributed by atoms with Crippen LogP contribution in [0.3, 0.4) is 0 Å². The molecule has 0 spiro atoms. The van der Waals surface area contributed by atoms with Crippen LogP contribution in [0.4, 0.5) is 23.2 Å². The number of halogens is 5. The molecule has 6 nitrogen and oxygen atoms in total. The Morgan fingerprint density at radius 3 is 2.60 bits per heavy atom. The fourth-order valence-corrected chi connectivity index (χ4v) is 4.15. The SMILES string of the molecule is COc1cccc(F)c1C1CCN(c2cnn3c(CC(F)(F)F)nnc3c2Cl)CC1. The van der Waals surface area contributed by atoms with Crippen molar-refractivity contribution in [3.63, 3.8) is 0 Å². The summed E-state index contributed by atoms with van der Waals surface area (Å²) in [5.74, 6) is -0.111. The number of nitrogens with zero attached hydrogens (tertiary/aromatic N) is 5. The Hall–Kier alpha value is -2.62. The number of hydrogen-bond donors (Lipinski definition) is 0. The Bertz CT molecular complexity index is 1060. The molecule has 0 atom stereocenters. The molecule has 1 aromatic carbocycles. The average Bonchev–Trinajstić information content (AvgIpc) is 3.10. The number of hydrogen-bond acceptors (Lipinski definition) is 5. The highest BCUT2D eigenvalue weighted by molar-refractivity contribution is 6.36. The van der Waals surface area contributed by atoms with Crippen molar-refractivity contribution in [3.8, 4) is 5.75 Å². The van der Waals surface area contributed by atoms with Gasteiger partial charge in [-0.15, -0.1) is 10.2 Å². The minimum absolute atomic E-state index is 0.0145. The number of methoxy groups -OCH3 is 1. The van der Waals surface area contributed by atoms with Crippen molar-refractivity contribution in [1.29, 1.82) is 0 Å². The molecule has 0 amide bonds. The summed E-state index contributed by atoms with van der Waals surface area (Å²) in [6, 6.07) is 4.77. The first-order valence-corrected chi connectivity index (χ1v) is 9.69. The molecule has 2 aromatic heterocycles. The zero-order valence-corrected chi connectivity index (χ0v) is 16.7. The number of alkyl halides is 3. The predicted molar refractivity (Wildman–Crippen MR) is 103 cm³/mol. The minimum Gasteiger partial charge on any atom is -0.496 e. The monoisotopic (exact) mass is 443 g/mol. The average molecular weight is 444 g/mol. The van der Waals surface area contributed by atoms with Gasteiger partial charge in [-0.2, -0.15) is 22.8 Å². The van der Waals surface area contributed by atoms with Crippen molar-refractivity contribution in [2.45, 2.75) is 31.4 Å². The fourth-order valence-electron chi connectivity index (χ4n) is 3.86. The summed E-state index contributed by atoms with van der Waals surface area (Å²) in [7, 11) is 1.51. The molecule has 0 bridgehead atoms. The van der Waals surface area contributed by atoms with Gasteiger partial charge in [0.2, 0.25) is 0 Å². The van der Waals surface area contributed by atoms with Crippen LogP contribution in [0.5, 0.6) is 5.75 Å². The number of rotatable bonds is 4. The van der Waals surface area contributed by atoms with Crippen LogP contribution in [0.1, 0.15) is 30.1 Å². The first-order valence-electron chi connectivity index (χ1n) is 9.31. The number of benzene rings is 1. The molecule has 1 saturated heterocycles. The maximum Gasteiger partial charge on any atom is 0.396 e. The van der Waals surface area contributed by atoms with Crippen molar-refractivity contribution < 1.29 is 22.3 Å². The standard InChI is InChI=1S/C19H18ClF4N5O/c1-30-14-4-2-3-12(21)16(14)11-5-7-28(8-6-11)13-10-25-29-15(9-19(22,23)24)26-27-18(29)17(13)20/h2-4,10-11H,5-9H2,1H3. The Kier molecular flexibility index (Phi) is 5.44. The summed E-state index contributed by atoms with van der Waals surface area (Å²) >= 11 is 6.42. The predicted octanol–water partition coefficient (Wildman–Crippen LogP) is 4.41. The first-order chi connectivity index (χ1) is 14.3. The lowest BCUT2D eigenvalue weighted by molar-refractivity contribution is -0.128. The highest BCUT2D eigenvalue weighted by atomic mass is 35.5. The van der Waals surface area contributed by atoms with Gasteiger partial charge in [-0.1, -0.05) is 17.7 Å². The van der Waals surface area contributed by atoms with E-state index in [1.54, 1.807) is 12.1 Å². The van der Waals surface area contributed by atoms with Crippen LogP contribution in [0.15, 0.2) is 24.4 Å². The summed E-state index contributed by atoms with van der Waals surface area (Å²) < 4.78 is 58.8. The minimum atomic E-state index is -4.43. The molecule has 160 valence electrons. The van der Waals surface area contributed by atoms with E-state index in [1.165, 1.54) is 19.4 Å². The quantitative estimate of drug-likeness (QED) is 0.559. The Balaban J connectivity index is 1.55. The van der Waals surface area contributed by atoms with Gasteiger partial charge in [0.15, 0.2) is 11.5 Å². The zero-order valence-electron chi connectivity index (χ0n) is 16.0. The van der Waals surface area contributed by atoms with Crippen LogP contribution in [0.2, 0.25) is 5.02 Å². The van der Waals surface area contributed by atoms with Crippen molar-refractivity contribution in [2.24, 2.45) is 0 Å². The summed E-state index contributed by atoms with van der Waals surface area (Å²) in [6.45, 7) is 1.15. The molecule has 1 aliphatic heterocycles. The number of aromatic nitrogens is 4. The molecule has 0 unspecified atom stereocenters. The second-order valence-electron chi connectivity index (χ2n) is 7.10. The van der Waals surface area contributed by atoms with E-state index in [0.29, 0.717) is 42.9 Å². The Morgan fingerprint density at radius 2 is 1.93 bits per heavy atom. The molecule has 0 saturated carbocycles. The van der Waals surface area contributed by atoms with Gasteiger partial charge in [0, 0.05) is 18.7 Å². The van der Waals surface area contributed by atoms with Crippen LogP contribution < -0.4 is 9.64 Å². The van der Waals surface area contributed by atoms with Gasteiger partial charge < -0.3 is 9.64 Å². The Morgan fingerprint density at radius 1 is 1.20 bits per heavy atom. The summed E-state index contributed by atoms with van der Waals surface area (Å²) in [5.41, 5.74) is 1.20. The lowest BCUT2D eigenvalue weighted by Crippen LogP contribution is -2.33. The third-order valence-electron chi connectivity index (χ3n) is 5.26. The zero-order chi connectivity index (χ0) is 21.5. The maximum absolute atomic E-state index is 14.4. The Labute approximate surface area is 174 Å². The molecule has 1 aliphatic rings. The number of fused-ring (bicyclic) bond motifs is 1. The number of piperidine rings is 1. The molecule has 3 heterocycles.